The molecule has 0 spiro atoms. The standard InChI is InChI=1S/C31H36ClFN6O3S/c1-6-20-11-9-12-21(7-2)29(20)39-30-22(15-23(32)28(35-30)27-24(33)13-10-14-25(27)34)31(36-43(39,41)42)38-17-18(4)37(16-19(38)5)26(40)8-3/h8-15,18-19,26,40H,3,6-7,16-17,34H2,1-2,4-5H3. The number of hydrogen-bond acceptors (Lipinski definition) is 7. The van der Waals surface area contributed by atoms with E-state index in [9.17, 15) is 13.5 Å². The molecule has 43 heavy (non-hydrogen) atoms. The first-order valence-electron chi connectivity index (χ1n) is 14.3. The van der Waals surface area contributed by atoms with Crippen LogP contribution in [0.2, 0.25) is 5.02 Å². The average molecular weight is 627 g/mol. The molecular formula is C31H36ClFN6O3S. The third-order valence-electron chi connectivity index (χ3n) is 8.13. The van der Waals surface area contributed by atoms with Crippen molar-refractivity contribution in [3.63, 3.8) is 0 Å². The minimum Gasteiger partial charge on any atom is -0.398 e. The van der Waals surface area contributed by atoms with Crippen molar-refractivity contribution in [3.05, 3.63) is 82.6 Å². The van der Waals surface area contributed by atoms with Gasteiger partial charge in [-0.15, -0.1) is 4.40 Å². The first-order chi connectivity index (χ1) is 20.4. The van der Waals surface area contributed by atoms with E-state index in [0.717, 1.165) is 15.4 Å². The second-order valence-corrected chi connectivity index (χ2v) is 12.7. The van der Waals surface area contributed by atoms with Crippen molar-refractivity contribution in [1.82, 2.24) is 14.8 Å². The molecule has 2 aliphatic heterocycles. The van der Waals surface area contributed by atoms with Crippen LogP contribution in [-0.4, -0.2) is 65.5 Å². The van der Waals surface area contributed by atoms with Gasteiger partial charge in [-0.3, -0.25) is 4.90 Å². The molecule has 9 nitrogen and oxygen atoms in total. The van der Waals surface area contributed by atoms with Crippen molar-refractivity contribution in [2.75, 3.05) is 23.1 Å². The Morgan fingerprint density at radius 3 is 2.40 bits per heavy atom. The maximum Gasteiger partial charge on any atom is 0.352 e. The Labute approximate surface area is 257 Å². The van der Waals surface area contributed by atoms with Crippen LogP contribution in [-0.2, 0) is 23.1 Å². The number of aromatic nitrogens is 1. The average Bonchev–Trinajstić information content (AvgIpc) is 2.97. The fraction of sp³-hybridized carbons (Fsp3) is 0.355. The number of amidine groups is 1. The summed E-state index contributed by atoms with van der Waals surface area (Å²) in [5.41, 5.74) is 8.78. The highest BCUT2D eigenvalue weighted by molar-refractivity contribution is 7.92. The van der Waals surface area contributed by atoms with Crippen molar-refractivity contribution in [2.45, 2.75) is 58.8 Å². The number of para-hydroxylation sites is 1. The molecule has 5 rings (SSSR count). The molecule has 1 saturated heterocycles. The fourth-order valence-electron chi connectivity index (χ4n) is 5.93. The lowest BCUT2D eigenvalue weighted by molar-refractivity contribution is -0.0293. The number of aryl methyl sites for hydroxylation is 2. The number of rotatable bonds is 6. The normalized spacial score (nSPS) is 20.9. The summed E-state index contributed by atoms with van der Waals surface area (Å²) in [6.45, 7) is 12.3. The minimum absolute atomic E-state index is 0.00906. The Bertz CT molecular complexity index is 1670. The minimum atomic E-state index is -4.39. The lowest BCUT2D eigenvalue weighted by Crippen LogP contribution is -2.61. The summed E-state index contributed by atoms with van der Waals surface area (Å²) in [6, 6.07) is 11.1. The molecule has 2 aliphatic rings. The summed E-state index contributed by atoms with van der Waals surface area (Å²) in [6.07, 6.45) is 1.74. The highest BCUT2D eigenvalue weighted by Gasteiger charge is 2.42. The van der Waals surface area contributed by atoms with Crippen LogP contribution >= 0.6 is 11.6 Å². The van der Waals surface area contributed by atoms with Crippen molar-refractivity contribution in [2.24, 2.45) is 4.40 Å². The Morgan fingerprint density at radius 2 is 1.79 bits per heavy atom. The number of nitrogens with two attached hydrogens (primary N) is 1. The molecule has 2 aromatic carbocycles. The molecule has 3 heterocycles. The topological polar surface area (TPSA) is 115 Å². The number of nitrogen functional groups attached to an aromatic ring is 1. The van der Waals surface area contributed by atoms with Crippen molar-refractivity contribution in [1.29, 1.82) is 0 Å². The maximum absolute atomic E-state index is 15.2. The number of halogens is 2. The summed E-state index contributed by atoms with van der Waals surface area (Å²) in [4.78, 5) is 8.56. The van der Waals surface area contributed by atoms with Gasteiger partial charge in [0.05, 0.1) is 27.5 Å². The van der Waals surface area contributed by atoms with E-state index in [1.807, 2.05) is 55.7 Å². The van der Waals surface area contributed by atoms with Gasteiger partial charge >= 0.3 is 10.2 Å². The third-order valence-corrected chi connectivity index (χ3v) is 9.64. The number of benzene rings is 2. The lowest BCUT2D eigenvalue weighted by Gasteiger charge is -2.47. The van der Waals surface area contributed by atoms with Crippen LogP contribution < -0.4 is 10.0 Å². The number of hydrogen-bond donors (Lipinski definition) is 2. The van der Waals surface area contributed by atoms with Crippen LogP contribution in [0.3, 0.4) is 0 Å². The molecule has 1 fully saturated rings. The van der Waals surface area contributed by atoms with E-state index in [0.29, 0.717) is 37.2 Å². The summed E-state index contributed by atoms with van der Waals surface area (Å²) in [5.74, 6) is -0.375. The Hall–Kier alpha value is -3.51. The number of aliphatic hydroxyl groups is 1. The van der Waals surface area contributed by atoms with E-state index in [1.165, 1.54) is 18.2 Å². The predicted octanol–water partition coefficient (Wildman–Crippen LogP) is 5.29. The Kier molecular flexibility index (Phi) is 8.54. The molecule has 3 aromatic rings. The van der Waals surface area contributed by atoms with Gasteiger partial charge in [0.2, 0.25) is 0 Å². The van der Waals surface area contributed by atoms with Gasteiger partial charge in [-0.2, -0.15) is 8.42 Å². The van der Waals surface area contributed by atoms with Gasteiger partial charge in [0.1, 0.15) is 12.0 Å². The van der Waals surface area contributed by atoms with E-state index < -0.39 is 22.3 Å². The van der Waals surface area contributed by atoms with E-state index in [2.05, 4.69) is 11.0 Å². The van der Waals surface area contributed by atoms with Gasteiger partial charge in [0.15, 0.2) is 11.7 Å². The molecule has 3 N–H and O–H groups in total. The van der Waals surface area contributed by atoms with Gasteiger partial charge in [-0.1, -0.05) is 56.3 Å². The monoisotopic (exact) mass is 626 g/mol. The summed E-state index contributed by atoms with van der Waals surface area (Å²) in [7, 11) is -4.39. The van der Waals surface area contributed by atoms with Crippen LogP contribution in [0.15, 0.2) is 59.5 Å². The van der Waals surface area contributed by atoms with Crippen LogP contribution in [0.5, 0.6) is 0 Å². The van der Waals surface area contributed by atoms with Crippen LogP contribution in [0.4, 0.5) is 21.6 Å². The maximum atomic E-state index is 15.2. The quantitative estimate of drug-likeness (QED) is 0.282. The third kappa shape index (κ3) is 5.39. The molecule has 0 saturated carbocycles. The van der Waals surface area contributed by atoms with Crippen molar-refractivity contribution >= 4 is 44.8 Å². The highest BCUT2D eigenvalue weighted by Crippen LogP contribution is 2.44. The molecule has 3 unspecified atom stereocenters. The van der Waals surface area contributed by atoms with Gasteiger partial charge in [0.25, 0.3) is 0 Å². The smallest absolute Gasteiger partial charge is 0.352 e. The first kappa shape index (κ1) is 30.9. The first-order valence-corrected chi connectivity index (χ1v) is 16.0. The number of aliphatic hydroxyl groups excluding tert-OH is 1. The molecule has 0 aliphatic carbocycles. The predicted molar refractivity (Wildman–Crippen MR) is 170 cm³/mol. The molecule has 3 atom stereocenters. The van der Waals surface area contributed by atoms with E-state index in [-0.39, 0.29) is 45.7 Å². The lowest BCUT2D eigenvalue weighted by atomic mass is 10.0. The van der Waals surface area contributed by atoms with E-state index in [4.69, 9.17) is 22.3 Å². The van der Waals surface area contributed by atoms with Crippen LogP contribution in [0, 0.1) is 5.82 Å². The number of piperazine rings is 1. The summed E-state index contributed by atoms with van der Waals surface area (Å²) < 4.78 is 49.3. The van der Waals surface area contributed by atoms with Gasteiger partial charge in [-0.05, 0) is 62.1 Å². The van der Waals surface area contributed by atoms with Crippen LogP contribution in [0.25, 0.3) is 11.3 Å². The van der Waals surface area contributed by atoms with Crippen molar-refractivity contribution in [3.8, 4) is 11.3 Å². The number of fused-ring (bicyclic) bond motifs is 1. The number of pyridine rings is 1. The zero-order chi connectivity index (χ0) is 31.2. The van der Waals surface area contributed by atoms with Crippen molar-refractivity contribution < 1.29 is 17.9 Å². The number of anilines is 3. The summed E-state index contributed by atoms with van der Waals surface area (Å²) >= 11 is 6.80. The second-order valence-electron chi connectivity index (χ2n) is 10.9. The molecule has 12 heteroatoms. The van der Waals surface area contributed by atoms with Gasteiger partial charge < -0.3 is 15.7 Å². The fourth-order valence-corrected chi connectivity index (χ4v) is 7.50. The molecule has 0 radical (unpaired) electrons. The SMILES string of the molecule is C=CC(O)N1CC(C)N(C2=NS(=O)(=O)N(c3c(CC)cccc3CC)c3nc(-c4c(N)cccc4F)c(Cl)cc32)CC1C. The van der Waals surface area contributed by atoms with E-state index in [1.54, 1.807) is 12.1 Å². The van der Waals surface area contributed by atoms with Gasteiger partial charge in [0, 0.05) is 30.9 Å². The second kappa shape index (κ2) is 11.9. The Balaban J connectivity index is 1.79. The van der Waals surface area contributed by atoms with Crippen LogP contribution in [0.1, 0.15) is 44.4 Å². The molecule has 228 valence electrons. The molecule has 0 bridgehead atoms. The molecule has 1 aromatic heterocycles. The largest absolute Gasteiger partial charge is 0.398 e. The molecule has 0 amide bonds. The summed E-state index contributed by atoms with van der Waals surface area (Å²) in [5, 5.41) is 10.6. The molecular weight excluding hydrogens is 591 g/mol. The Morgan fingerprint density at radius 1 is 1.14 bits per heavy atom. The highest BCUT2D eigenvalue weighted by atomic mass is 35.5. The zero-order valence-electron chi connectivity index (χ0n) is 24.6. The van der Waals surface area contributed by atoms with E-state index >= 15 is 4.39 Å². The van der Waals surface area contributed by atoms with Gasteiger partial charge in [-0.25, -0.2) is 13.7 Å². The zero-order valence-corrected chi connectivity index (χ0v) is 26.2. The number of nitrogens with zero attached hydrogens (tertiary/aromatic N) is 5.